The first-order chi connectivity index (χ1) is 7.20. The van der Waals surface area contributed by atoms with Gasteiger partial charge in [0.25, 0.3) is 0 Å². The second-order valence-electron chi connectivity index (χ2n) is 3.05. The number of ether oxygens (including phenoxy) is 1. The lowest BCUT2D eigenvalue weighted by molar-refractivity contribution is 0.337. The first-order valence-corrected chi connectivity index (χ1v) is 5.76. The van der Waals surface area contributed by atoms with Crippen molar-refractivity contribution < 1.29 is 4.74 Å². The summed E-state index contributed by atoms with van der Waals surface area (Å²) in [6.07, 6.45) is 0. The van der Waals surface area contributed by atoms with E-state index in [1.807, 2.05) is 31.2 Å². The van der Waals surface area contributed by atoms with Crippen LogP contribution in [0.1, 0.15) is 6.92 Å². The van der Waals surface area contributed by atoms with Crippen molar-refractivity contribution in [1.82, 2.24) is 4.98 Å². The van der Waals surface area contributed by atoms with Gasteiger partial charge in [0, 0.05) is 10.4 Å². The highest BCUT2D eigenvalue weighted by atomic mass is 79.9. The highest BCUT2D eigenvalue weighted by molar-refractivity contribution is 9.10. The van der Waals surface area contributed by atoms with Crippen LogP contribution in [0.5, 0.6) is 5.75 Å². The fraction of sp³-hybridized carbons (Fsp3) is 0.182. The highest BCUT2D eigenvalue weighted by Crippen LogP contribution is 2.28. The third-order valence-electron chi connectivity index (χ3n) is 2.00. The zero-order valence-electron chi connectivity index (χ0n) is 8.13. The molecule has 0 atom stereocenters. The molecule has 0 unspecified atom stereocenters. The van der Waals surface area contributed by atoms with Crippen LogP contribution in [0.3, 0.4) is 0 Å². The molecule has 0 aliphatic heterocycles. The van der Waals surface area contributed by atoms with Crippen LogP contribution in [0.2, 0.25) is 5.02 Å². The fourth-order valence-corrected chi connectivity index (χ4v) is 1.96. The molecule has 0 saturated heterocycles. The Morgan fingerprint density at radius 3 is 2.93 bits per heavy atom. The zero-order valence-corrected chi connectivity index (χ0v) is 10.5. The van der Waals surface area contributed by atoms with Crippen molar-refractivity contribution >= 4 is 38.4 Å². The van der Waals surface area contributed by atoms with Gasteiger partial charge in [-0.25, -0.2) is 4.98 Å². The number of benzene rings is 1. The molecular weight excluding hydrogens is 277 g/mol. The number of fused-ring (bicyclic) bond motifs is 1. The van der Waals surface area contributed by atoms with Gasteiger partial charge in [-0.1, -0.05) is 11.6 Å². The molecule has 0 aliphatic rings. The second-order valence-corrected chi connectivity index (χ2v) is 4.23. The van der Waals surface area contributed by atoms with Gasteiger partial charge in [0.15, 0.2) is 5.75 Å². The summed E-state index contributed by atoms with van der Waals surface area (Å²) in [6.45, 7) is 2.56. The smallest absolute Gasteiger partial charge is 0.152 e. The maximum absolute atomic E-state index is 5.91. The van der Waals surface area contributed by atoms with E-state index < -0.39 is 0 Å². The summed E-state index contributed by atoms with van der Waals surface area (Å²) in [4.78, 5) is 4.37. The number of hydrogen-bond acceptors (Lipinski definition) is 2. The van der Waals surface area contributed by atoms with Crippen molar-refractivity contribution in [3.05, 3.63) is 33.9 Å². The van der Waals surface area contributed by atoms with E-state index in [1.54, 1.807) is 0 Å². The topological polar surface area (TPSA) is 22.1 Å². The van der Waals surface area contributed by atoms with Crippen LogP contribution in [-0.4, -0.2) is 11.6 Å². The molecule has 0 spiro atoms. The van der Waals surface area contributed by atoms with Crippen molar-refractivity contribution in [2.75, 3.05) is 6.61 Å². The lowest BCUT2D eigenvalue weighted by atomic mass is 10.2. The Labute approximate surface area is 101 Å². The Bertz CT molecular complexity index is 501. The zero-order chi connectivity index (χ0) is 10.8. The quantitative estimate of drug-likeness (QED) is 0.777. The number of aromatic nitrogens is 1. The molecule has 0 fully saturated rings. The molecule has 0 amide bonds. The molecule has 2 aromatic rings. The molecule has 1 aromatic heterocycles. The van der Waals surface area contributed by atoms with Gasteiger partial charge in [-0.3, -0.25) is 0 Å². The van der Waals surface area contributed by atoms with Crippen LogP contribution in [-0.2, 0) is 0 Å². The van der Waals surface area contributed by atoms with Gasteiger partial charge in [-0.2, -0.15) is 0 Å². The minimum Gasteiger partial charge on any atom is -0.491 e. The molecule has 4 heteroatoms. The monoisotopic (exact) mass is 285 g/mol. The maximum Gasteiger partial charge on any atom is 0.152 e. The Kier molecular flexibility index (Phi) is 3.12. The molecular formula is C11H9BrClNO. The molecule has 78 valence electrons. The molecule has 0 N–H and O–H groups in total. The molecule has 15 heavy (non-hydrogen) atoms. The van der Waals surface area contributed by atoms with Crippen LogP contribution >= 0.6 is 27.5 Å². The largest absolute Gasteiger partial charge is 0.491 e. The van der Waals surface area contributed by atoms with E-state index in [0.717, 1.165) is 21.3 Å². The number of halogens is 2. The third-order valence-corrected chi connectivity index (χ3v) is 2.80. The van der Waals surface area contributed by atoms with Gasteiger partial charge in [0.1, 0.15) is 4.60 Å². The summed E-state index contributed by atoms with van der Waals surface area (Å²) >= 11 is 9.28. The molecule has 2 nitrogen and oxygen atoms in total. The maximum atomic E-state index is 5.91. The van der Waals surface area contributed by atoms with Crippen LogP contribution in [0.4, 0.5) is 0 Å². The van der Waals surface area contributed by atoms with Gasteiger partial charge >= 0.3 is 0 Å². The van der Waals surface area contributed by atoms with Gasteiger partial charge in [0.05, 0.1) is 12.1 Å². The van der Waals surface area contributed by atoms with E-state index in [1.165, 1.54) is 0 Å². The average Bonchev–Trinajstić information content (AvgIpc) is 2.20. The van der Waals surface area contributed by atoms with E-state index in [9.17, 15) is 0 Å². The molecule has 0 radical (unpaired) electrons. The molecule has 0 saturated carbocycles. The summed E-state index contributed by atoms with van der Waals surface area (Å²) in [6, 6.07) is 7.52. The Morgan fingerprint density at radius 1 is 1.40 bits per heavy atom. The van der Waals surface area contributed by atoms with Crippen molar-refractivity contribution in [3.8, 4) is 5.75 Å². The molecule has 2 rings (SSSR count). The van der Waals surface area contributed by atoms with Crippen LogP contribution in [0.25, 0.3) is 10.9 Å². The number of hydrogen-bond donors (Lipinski definition) is 0. The second kappa shape index (κ2) is 4.37. The lowest BCUT2D eigenvalue weighted by Crippen LogP contribution is -1.94. The van der Waals surface area contributed by atoms with Crippen molar-refractivity contribution in [3.63, 3.8) is 0 Å². The number of pyridine rings is 1. The van der Waals surface area contributed by atoms with E-state index in [2.05, 4.69) is 20.9 Å². The first kappa shape index (κ1) is 10.7. The summed E-state index contributed by atoms with van der Waals surface area (Å²) < 4.78 is 6.15. The summed E-state index contributed by atoms with van der Waals surface area (Å²) in [5.41, 5.74) is 0.898. The first-order valence-electron chi connectivity index (χ1n) is 4.59. The van der Waals surface area contributed by atoms with Crippen molar-refractivity contribution in [2.45, 2.75) is 6.92 Å². The van der Waals surface area contributed by atoms with Crippen molar-refractivity contribution in [2.24, 2.45) is 0 Å². The van der Waals surface area contributed by atoms with Crippen molar-refractivity contribution in [1.29, 1.82) is 0 Å². The van der Waals surface area contributed by atoms with E-state index in [4.69, 9.17) is 16.3 Å². The minimum absolute atomic E-state index is 0.617. The lowest BCUT2D eigenvalue weighted by Gasteiger charge is -2.06. The SMILES string of the molecule is CCOc1cc2cc(Cl)ccc2nc1Br. The van der Waals surface area contributed by atoms with Gasteiger partial charge in [0.2, 0.25) is 0 Å². The molecule has 1 heterocycles. The predicted octanol–water partition coefficient (Wildman–Crippen LogP) is 4.05. The summed E-state index contributed by atoms with van der Waals surface area (Å²) in [5.74, 6) is 0.743. The van der Waals surface area contributed by atoms with Gasteiger partial charge < -0.3 is 4.74 Å². The number of rotatable bonds is 2. The molecule has 0 bridgehead atoms. The average molecular weight is 287 g/mol. The summed E-state index contributed by atoms with van der Waals surface area (Å²) in [5, 5.41) is 1.68. The van der Waals surface area contributed by atoms with Gasteiger partial charge in [-0.15, -0.1) is 0 Å². The Balaban J connectivity index is 2.61. The van der Waals surface area contributed by atoms with Crippen LogP contribution in [0.15, 0.2) is 28.9 Å². The standard InChI is InChI=1S/C11H9BrClNO/c1-2-15-10-6-7-5-8(13)3-4-9(7)14-11(10)12/h3-6H,2H2,1H3. The highest BCUT2D eigenvalue weighted by Gasteiger charge is 2.05. The van der Waals surface area contributed by atoms with Gasteiger partial charge in [-0.05, 0) is 47.1 Å². The Morgan fingerprint density at radius 2 is 2.20 bits per heavy atom. The normalized spacial score (nSPS) is 10.6. The number of nitrogens with zero attached hydrogens (tertiary/aromatic N) is 1. The summed E-state index contributed by atoms with van der Waals surface area (Å²) in [7, 11) is 0. The predicted molar refractivity (Wildman–Crippen MR) is 65.6 cm³/mol. The van der Waals surface area contributed by atoms with E-state index in [-0.39, 0.29) is 0 Å². The molecule has 1 aromatic carbocycles. The Hall–Kier alpha value is -0.800. The van der Waals surface area contributed by atoms with Crippen LogP contribution < -0.4 is 4.74 Å². The fourth-order valence-electron chi connectivity index (χ4n) is 1.36. The minimum atomic E-state index is 0.617. The molecule has 0 aliphatic carbocycles. The van der Waals surface area contributed by atoms with Crippen LogP contribution in [0, 0.1) is 0 Å². The van der Waals surface area contributed by atoms with E-state index in [0.29, 0.717) is 11.6 Å². The van der Waals surface area contributed by atoms with E-state index >= 15 is 0 Å². The third kappa shape index (κ3) is 2.24.